The van der Waals surface area contributed by atoms with Gasteiger partial charge >= 0.3 is 15.6 Å². The molecule has 1 N–H and O–H groups in total. The zero-order valence-corrected chi connectivity index (χ0v) is 36.2. The first-order valence-electron chi connectivity index (χ1n) is 19.7. The fourth-order valence-corrected chi connectivity index (χ4v) is 7.30. The Kier molecular flexibility index (Phi) is 12.1. The quantitative estimate of drug-likeness (QED) is 0.127. The van der Waals surface area contributed by atoms with Crippen molar-refractivity contribution in [1.29, 1.82) is 0 Å². The molecule has 0 atom stereocenters. The molecule has 10 heteroatoms. The fourth-order valence-electron chi connectivity index (χ4n) is 7.30. The Morgan fingerprint density at radius 2 is 0.767 bits per heavy atom. The molecule has 6 nitrogen and oxygen atoms in total. The minimum absolute atomic E-state index is 0.295. The highest BCUT2D eigenvalue weighted by Crippen LogP contribution is 2.56. The monoisotopic (exact) mass is 836 g/mol. The van der Waals surface area contributed by atoms with Crippen LogP contribution in [0.4, 0.5) is 13.2 Å². The Morgan fingerprint density at radius 1 is 0.450 bits per heavy atom. The Balaban J connectivity index is 0.000000686. The van der Waals surface area contributed by atoms with Gasteiger partial charge in [-0.05, 0) is 172 Å². The van der Waals surface area contributed by atoms with E-state index in [0.29, 0.717) is 0 Å². The van der Waals surface area contributed by atoms with Gasteiger partial charge in [0.1, 0.15) is 34.1 Å². The summed E-state index contributed by atoms with van der Waals surface area (Å²) < 4.78 is 76.5. The lowest BCUT2D eigenvalue weighted by molar-refractivity contribution is -0.0510. The van der Waals surface area contributed by atoms with Crippen molar-refractivity contribution in [2.45, 2.75) is 91.0 Å². The molecular weight excluding hydrogens is 786 g/mol. The van der Waals surface area contributed by atoms with Crippen molar-refractivity contribution in [2.24, 2.45) is 0 Å². The summed E-state index contributed by atoms with van der Waals surface area (Å²) in [6.07, 6.45) is 0.852. The largest absolute Gasteiger partial charge is 0.522 e. The van der Waals surface area contributed by atoms with Crippen molar-refractivity contribution in [2.75, 3.05) is 0 Å². The zero-order valence-electron chi connectivity index (χ0n) is 35.4. The first kappa shape index (κ1) is 44.0. The number of hydrogen-bond acceptors (Lipinski definition) is 5. The second-order valence-corrected chi connectivity index (χ2v) is 19.1. The zero-order chi connectivity index (χ0) is 43.8. The van der Waals surface area contributed by atoms with Crippen LogP contribution in [0.5, 0.6) is 17.2 Å². The van der Waals surface area contributed by atoms with Crippen LogP contribution in [-0.4, -0.2) is 35.3 Å². The van der Waals surface area contributed by atoms with Crippen molar-refractivity contribution in [3.8, 4) is 72.9 Å². The van der Waals surface area contributed by atoms with Gasteiger partial charge in [0.25, 0.3) is 0 Å². The van der Waals surface area contributed by atoms with Crippen molar-refractivity contribution in [3.05, 3.63) is 139 Å². The third-order valence-corrected chi connectivity index (χ3v) is 9.90. The summed E-state index contributed by atoms with van der Waals surface area (Å²) >= 11 is 0. The molecule has 1 aliphatic carbocycles. The maximum atomic E-state index is 10.7. The lowest BCUT2D eigenvalue weighted by Crippen LogP contribution is -2.22. The topological polar surface area (TPSA) is 82.1 Å². The molecule has 0 bridgehead atoms. The summed E-state index contributed by atoms with van der Waals surface area (Å²) in [4.78, 5) is 0. The molecule has 7 rings (SSSR count). The minimum atomic E-state index is -5.84. The molecule has 0 heterocycles. The number of benzene rings is 6. The van der Waals surface area contributed by atoms with Crippen LogP contribution in [0.1, 0.15) is 73.4 Å². The predicted molar refractivity (Wildman–Crippen MR) is 235 cm³/mol. The Labute approximate surface area is 351 Å². The van der Waals surface area contributed by atoms with Crippen molar-refractivity contribution in [3.63, 3.8) is 0 Å². The van der Waals surface area contributed by atoms with Crippen LogP contribution in [0.25, 0.3) is 55.6 Å². The third-order valence-electron chi connectivity index (χ3n) is 9.31. The van der Waals surface area contributed by atoms with Crippen molar-refractivity contribution >= 4 is 10.1 Å². The molecule has 1 aliphatic rings. The maximum Gasteiger partial charge on any atom is 0.522 e. The van der Waals surface area contributed by atoms with Crippen LogP contribution < -0.4 is 14.2 Å². The van der Waals surface area contributed by atoms with Gasteiger partial charge in [-0.25, -0.2) is 0 Å². The number of halogens is 3. The van der Waals surface area contributed by atoms with Gasteiger partial charge in [0.15, 0.2) is 0 Å². The number of alkyl halides is 3. The molecular formula is C50H51F3O6S. The van der Waals surface area contributed by atoms with Gasteiger partial charge in [0.2, 0.25) is 0 Å². The molecule has 0 amide bonds. The summed E-state index contributed by atoms with van der Waals surface area (Å²) in [5, 5.41) is 0. The average Bonchev–Trinajstić information content (AvgIpc) is 3.52. The van der Waals surface area contributed by atoms with Gasteiger partial charge in [0, 0.05) is 0 Å². The number of fused-ring (bicyclic) bond motifs is 3. The van der Waals surface area contributed by atoms with Gasteiger partial charge in [-0.2, -0.15) is 21.6 Å². The molecule has 0 saturated heterocycles. The molecule has 0 spiro atoms. The molecule has 0 fully saturated rings. The Morgan fingerprint density at radius 3 is 1.13 bits per heavy atom. The standard InChI is InChI=1S/C49H50O3.CHF3O3S/c1-47(2,3)50-37-25-19-33(20-26-37)43-42(32-15-11-10-12-16-32)41-31-36-17-13-14-18-40(36)46(41)45(35-23-29-39(30-24-35)52-49(7,8)9)44(43)34-21-27-38(28-22-34)51-48(4,5)6;2-1(3,4)8(5,6)7/h10-30H,31H2,1-9H3;(H,5,6,7). The third kappa shape index (κ3) is 10.4. The van der Waals surface area contributed by atoms with Gasteiger partial charge in [-0.15, -0.1) is 0 Å². The SMILES string of the molecule is CC(C)(C)Oc1ccc(-c2c(-c3ccccc3)c3c(c(-c4ccc(OC(C)(C)C)cc4)c2-c2ccc(OC(C)(C)C)cc2)-c2ccccc2C3)cc1.O=S(=O)(O)C(F)(F)F. The van der Waals surface area contributed by atoms with Crippen LogP contribution >= 0.6 is 0 Å². The normalized spacial score (nSPS) is 12.8. The van der Waals surface area contributed by atoms with Crippen LogP contribution in [0.15, 0.2) is 127 Å². The van der Waals surface area contributed by atoms with Crippen LogP contribution in [0.2, 0.25) is 0 Å². The first-order valence-corrected chi connectivity index (χ1v) is 21.1. The van der Waals surface area contributed by atoms with Crippen LogP contribution in [0.3, 0.4) is 0 Å². The highest BCUT2D eigenvalue weighted by atomic mass is 32.2. The highest BCUT2D eigenvalue weighted by molar-refractivity contribution is 7.86. The Hall–Kier alpha value is -5.58. The summed E-state index contributed by atoms with van der Waals surface area (Å²) in [6, 6.07) is 45.8. The van der Waals surface area contributed by atoms with Gasteiger partial charge in [0.05, 0.1) is 0 Å². The van der Waals surface area contributed by atoms with Crippen LogP contribution in [0, 0.1) is 0 Å². The molecule has 0 unspecified atom stereocenters. The van der Waals surface area contributed by atoms with Gasteiger partial charge in [-0.1, -0.05) is 91.0 Å². The number of ether oxygens (including phenoxy) is 3. The average molecular weight is 837 g/mol. The van der Waals surface area contributed by atoms with E-state index in [1.54, 1.807) is 0 Å². The molecule has 0 radical (unpaired) electrons. The molecule has 0 saturated carbocycles. The van der Waals surface area contributed by atoms with E-state index in [1.807, 2.05) is 0 Å². The number of hydrogen-bond donors (Lipinski definition) is 1. The Bertz CT molecular complexity index is 2560. The van der Waals surface area contributed by atoms with E-state index < -0.39 is 15.6 Å². The smallest absolute Gasteiger partial charge is 0.488 e. The van der Waals surface area contributed by atoms with Gasteiger partial charge in [-0.3, -0.25) is 4.55 Å². The van der Waals surface area contributed by atoms with Gasteiger partial charge < -0.3 is 14.2 Å². The van der Waals surface area contributed by atoms with E-state index >= 15 is 0 Å². The maximum absolute atomic E-state index is 10.7. The van der Waals surface area contributed by atoms with E-state index in [1.165, 1.54) is 50.1 Å². The molecule has 314 valence electrons. The first-order chi connectivity index (χ1) is 27.9. The second kappa shape index (κ2) is 16.5. The van der Waals surface area contributed by atoms with E-state index in [0.717, 1.165) is 40.4 Å². The lowest BCUT2D eigenvalue weighted by atomic mass is 9.77. The fraction of sp³-hybridized carbons (Fsp3) is 0.280. The molecule has 60 heavy (non-hydrogen) atoms. The second-order valence-electron chi connectivity index (χ2n) is 17.7. The van der Waals surface area contributed by atoms with Crippen molar-refractivity contribution in [1.82, 2.24) is 0 Å². The summed E-state index contributed by atoms with van der Waals surface area (Å²) in [6.45, 7) is 18.8. The number of rotatable bonds is 7. The van der Waals surface area contributed by atoms with E-state index in [9.17, 15) is 13.2 Å². The predicted octanol–water partition coefficient (Wildman–Crippen LogP) is 13.9. The van der Waals surface area contributed by atoms with E-state index in [-0.39, 0.29) is 16.8 Å². The highest BCUT2D eigenvalue weighted by Gasteiger charge is 2.44. The summed E-state index contributed by atoms with van der Waals surface area (Å²) in [5.41, 5.74) is 8.32. The summed E-state index contributed by atoms with van der Waals surface area (Å²) in [5.74, 6) is 2.56. The molecule has 0 aromatic heterocycles. The van der Waals surface area contributed by atoms with Crippen LogP contribution in [-0.2, 0) is 16.5 Å². The van der Waals surface area contributed by atoms with E-state index in [2.05, 4.69) is 190 Å². The minimum Gasteiger partial charge on any atom is -0.488 e. The van der Waals surface area contributed by atoms with E-state index in [4.69, 9.17) is 27.2 Å². The molecule has 0 aliphatic heterocycles. The molecule has 6 aromatic carbocycles. The summed E-state index contributed by atoms with van der Waals surface area (Å²) in [7, 11) is -5.84. The molecule has 6 aromatic rings. The lowest BCUT2D eigenvalue weighted by Gasteiger charge is -2.27. The van der Waals surface area contributed by atoms with Crippen molar-refractivity contribution < 1.29 is 40.4 Å².